The summed E-state index contributed by atoms with van der Waals surface area (Å²) in [6.45, 7) is 3.74. The maximum atomic E-state index is 13.1. The summed E-state index contributed by atoms with van der Waals surface area (Å²) in [5, 5.41) is 3.95. The second-order valence-electron chi connectivity index (χ2n) is 6.37. The van der Waals surface area contributed by atoms with Crippen molar-refractivity contribution in [1.82, 2.24) is 19.9 Å². The van der Waals surface area contributed by atoms with Gasteiger partial charge in [-0.1, -0.05) is 40.1 Å². The molecule has 9 heteroatoms. The zero-order valence-corrected chi connectivity index (χ0v) is 17.7. The lowest BCUT2D eigenvalue weighted by atomic mass is 9.93. The second kappa shape index (κ2) is 8.14. The van der Waals surface area contributed by atoms with Crippen molar-refractivity contribution < 1.29 is 18.8 Å². The van der Waals surface area contributed by atoms with Gasteiger partial charge in [0, 0.05) is 23.6 Å². The monoisotopic (exact) mass is 448 g/mol. The van der Waals surface area contributed by atoms with Crippen LogP contribution in [0.25, 0.3) is 0 Å². The second-order valence-corrected chi connectivity index (χ2v) is 7.29. The number of aromatic nitrogens is 2. The van der Waals surface area contributed by atoms with Gasteiger partial charge in [0.05, 0.1) is 25.3 Å². The average Bonchev–Trinajstić information content (AvgIpc) is 3.16. The Balaban J connectivity index is 2.11. The van der Waals surface area contributed by atoms with Crippen LogP contribution in [0.15, 0.2) is 44.5 Å². The summed E-state index contributed by atoms with van der Waals surface area (Å²) in [5.74, 6) is 0.384. The number of hydrogen-bond donors (Lipinski definition) is 0. The molecule has 0 bridgehead atoms. The molecule has 2 amide bonds. The minimum atomic E-state index is -0.632. The van der Waals surface area contributed by atoms with Gasteiger partial charge in [-0.15, -0.1) is 0 Å². The molecule has 1 unspecified atom stereocenters. The Morgan fingerprint density at radius 1 is 1.32 bits per heavy atom. The van der Waals surface area contributed by atoms with Gasteiger partial charge < -0.3 is 19.1 Å². The van der Waals surface area contributed by atoms with E-state index < -0.39 is 12.0 Å². The summed E-state index contributed by atoms with van der Waals surface area (Å²) < 4.78 is 11.1. The molecule has 0 aliphatic carbocycles. The number of methoxy groups -OCH3 is 1. The maximum Gasteiger partial charge on any atom is 0.337 e. The largest absolute Gasteiger partial charge is 0.466 e. The molecule has 3 rings (SSSR count). The highest BCUT2D eigenvalue weighted by Crippen LogP contribution is 2.38. The third-order valence-electron chi connectivity index (χ3n) is 4.73. The third kappa shape index (κ3) is 3.66. The number of esters is 1. The van der Waals surface area contributed by atoms with Crippen LogP contribution >= 0.6 is 15.9 Å². The first-order valence-electron chi connectivity index (χ1n) is 8.77. The Kier molecular flexibility index (Phi) is 5.83. The lowest BCUT2D eigenvalue weighted by Gasteiger charge is -2.41. The number of halogens is 1. The zero-order valence-electron chi connectivity index (χ0n) is 16.1. The van der Waals surface area contributed by atoms with E-state index in [4.69, 9.17) is 9.26 Å². The number of carbonyl (C=O) groups excluding carboxylic acids is 2. The SMILES string of the molecule is CCc1nc(CN2C(=O)N(C)C(C)=C(C(=O)OC)C2c2ccc(Br)cc2)no1. The topological polar surface area (TPSA) is 88.8 Å². The highest BCUT2D eigenvalue weighted by Gasteiger charge is 2.41. The van der Waals surface area contributed by atoms with E-state index >= 15 is 0 Å². The molecule has 0 spiro atoms. The molecule has 2 aromatic rings. The van der Waals surface area contributed by atoms with E-state index in [0.717, 1.165) is 10.0 Å². The Morgan fingerprint density at radius 3 is 2.57 bits per heavy atom. The fraction of sp³-hybridized carbons (Fsp3) is 0.368. The van der Waals surface area contributed by atoms with Crippen molar-refractivity contribution in [3.05, 3.63) is 57.3 Å². The summed E-state index contributed by atoms with van der Waals surface area (Å²) >= 11 is 3.42. The minimum Gasteiger partial charge on any atom is -0.466 e. The minimum absolute atomic E-state index is 0.0984. The van der Waals surface area contributed by atoms with E-state index in [9.17, 15) is 9.59 Å². The first-order chi connectivity index (χ1) is 13.4. The number of amides is 2. The van der Waals surface area contributed by atoms with E-state index in [0.29, 0.717) is 29.4 Å². The molecule has 8 nitrogen and oxygen atoms in total. The molecule has 1 aromatic heterocycles. The molecule has 1 aliphatic heterocycles. The van der Waals surface area contributed by atoms with Gasteiger partial charge in [-0.2, -0.15) is 4.98 Å². The van der Waals surface area contributed by atoms with Crippen LogP contribution in [0.5, 0.6) is 0 Å². The van der Waals surface area contributed by atoms with Crippen molar-refractivity contribution >= 4 is 27.9 Å². The number of carbonyl (C=O) groups is 2. The highest BCUT2D eigenvalue weighted by atomic mass is 79.9. The molecule has 0 N–H and O–H groups in total. The van der Waals surface area contributed by atoms with Crippen molar-refractivity contribution in [1.29, 1.82) is 0 Å². The van der Waals surface area contributed by atoms with Crippen molar-refractivity contribution in [2.75, 3.05) is 14.2 Å². The molecule has 2 heterocycles. The third-order valence-corrected chi connectivity index (χ3v) is 5.25. The van der Waals surface area contributed by atoms with Gasteiger partial charge in [-0.25, -0.2) is 9.59 Å². The van der Waals surface area contributed by atoms with Crippen LogP contribution in [0.4, 0.5) is 4.79 Å². The smallest absolute Gasteiger partial charge is 0.337 e. The van der Waals surface area contributed by atoms with Gasteiger partial charge in [-0.05, 0) is 24.6 Å². The van der Waals surface area contributed by atoms with Gasteiger partial charge in [0.15, 0.2) is 5.82 Å². The first kappa shape index (κ1) is 20.1. The standard InChI is InChI=1S/C19H21BrN4O4/c1-5-15-21-14(22-28-15)10-24-17(12-6-8-13(20)9-7-12)16(18(25)27-4)11(2)23(3)19(24)26/h6-9,17H,5,10H2,1-4H3. The van der Waals surface area contributed by atoms with E-state index in [2.05, 4.69) is 26.1 Å². The average molecular weight is 449 g/mol. The molecule has 0 radical (unpaired) electrons. The van der Waals surface area contributed by atoms with Gasteiger partial charge in [0.2, 0.25) is 5.89 Å². The van der Waals surface area contributed by atoms with Crippen molar-refractivity contribution in [3.63, 3.8) is 0 Å². The van der Waals surface area contributed by atoms with E-state index in [1.165, 1.54) is 12.0 Å². The van der Waals surface area contributed by atoms with E-state index in [-0.39, 0.29) is 12.6 Å². The van der Waals surface area contributed by atoms with Crippen molar-refractivity contribution in [3.8, 4) is 0 Å². The number of nitrogens with zero attached hydrogens (tertiary/aromatic N) is 4. The van der Waals surface area contributed by atoms with Gasteiger partial charge in [-0.3, -0.25) is 0 Å². The van der Waals surface area contributed by atoms with Crippen LogP contribution in [-0.4, -0.2) is 46.1 Å². The van der Waals surface area contributed by atoms with E-state index in [1.807, 2.05) is 31.2 Å². The fourth-order valence-corrected chi connectivity index (χ4v) is 3.42. The lowest BCUT2D eigenvalue weighted by molar-refractivity contribution is -0.137. The summed E-state index contributed by atoms with van der Waals surface area (Å²) in [6, 6.07) is 6.57. The molecule has 0 fully saturated rings. The molecular weight excluding hydrogens is 428 g/mol. The van der Waals surface area contributed by atoms with Crippen LogP contribution in [0, 0.1) is 0 Å². The number of aryl methyl sites for hydroxylation is 1. The maximum absolute atomic E-state index is 13.1. The highest BCUT2D eigenvalue weighted by molar-refractivity contribution is 9.10. The number of ether oxygens (including phenoxy) is 1. The molecule has 148 valence electrons. The summed E-state index contributed by atoms with van der Waals surface area (Å²) in [4.78, 5) is 33.0. The molecule has 28 heavy (non-hydrogen) atoms. The summed E-state index contributed by atoms with van der Waals surface area (Å²) in [6.07, 6.45) is 0.601. The van der Waals surface area contributed by atoms with Crippen LogP contribution in [0.3, 0.4) is 0 Å². The summed E-state index contributed by atoms with van der Waals surface area (Å²) in [5.41, 5.74) is 1.72. The predicted octanol–water partition coefficient (Wildman–Crippen LogP) is 3.45. The summed E-state index contributed by atoms with van der Waals surface area (Å²) in [7, 11) is 2.95. The zero-order chi connectivity index (χ0) is 20.4. The van der Waals surface area contributed by atoms with Gasteiger partial charge >= 0.3 is 12.0 Å². The normalized spacial score (nSPS) is 17.3. The molecule has 1 aliphatic rings. The van der Waals surface area contributed by atoms with Gasteiger partial charge in [0.1, 0.15) is 0 Å². The van der Waals surface area contributed by atoms with E-state index in [1.54, 1.807) is 18.9 Å². The fourth-order valence-electron chi connectivity index (χ4n) is 3.15. The number of allylic oxidation sites excluding steroid dienone is 1. The number of urea groups is 1. The van der Waals surface area contributed by atoms with Gasteiger partial charge in [0.25, 0.3) is 0 Å². The number of benzene rings is 1. The van der Waals surface area contributed by atoms with Crippen LogP contribution in [-0.2, 0) is 22.5 Å². The number of rotatable bonds is 5. The van der Waals surface area contributed by atoms with Crippen molar-refractivity contribution in [2.45, 2.75) is 32.9 Å². The Bertz CT molecular complexity index is 922. The Morgan fingerprint density at radius 2 is 2.00 bits per heavy atom. The van der Waals surface area contributed by atoms with Crippen LogP contribution < -0.4 is 0 Å². The molecule has 1 aromatic carbocycles. The molecule has 0 saturated carbocycles. The number of hydrogen-bond acceptors (Lipinski definition) is 6. The predicted molar refractivity (Wildman–Crippen MR) is 104 cm³/mol. The van der Waals surface area contributed by atoms with Crippen LogP contribution in [0.2, 0.25) is 0 Å². The lowest BCUT2D eigenvalue weighted by Crippen LogP contribution is -2.48. The first-order valence-corrected chi connectivity index (χ1v) is 9.57. The molecular formula is C19H21BrN4O4. The molecule has 1 atom stereocenters. The van der Waals surface area contributed by atoms with Crippen LogP contribution in [0.1, 0.15) is 37.2 Å². The Labute approximate surface area is 171 Å². The quantitative estimate of drug-likeness (QED) is 0.650. The van der Waals surface area contributed by atoms with Crippen molar-refractivity contribution in [2.24, 2.45) is 0 Å². The molecule has 0 saturated heterocycles. The Hall–Kier alpha value is -2.68.